The van der Waals surface area contributed by atoms with E-state index in [1.165, 1.54) is 11.1 Å². The van der Waals surface area contributed by atoms with Crippen LogP contribution in [-0.2, 0) is 0 Å². The molecule has 3 heteroatoms. The average molecular weight is 255 g/mol. The number of hydrogen-bond acceptors (Lipinski definition) is 3. The normalized spacial score (nSPS) is 17.1. The van der Waals surface area contributed by atoms with Crippen LogP contribution in [0.5, 0.6) is 11.5 Å². The molecule has 1 atom stereocenters. The van der Waals surface area contributed by atoms with Gasteiger partial charge in [-0.3, -0.25) is 0 Å². The van der Waals surface area contributed by atoms with E-state index in [1.807, 2.05) is 12.1 Å². The van der Waals surface area contributed by atoms with Crippen molar-refractivity contribution in [2.45, 2.75) is 13.0 Å². The summed E-state index contributed by atoms with van der Waals surface area (Å²) in [7, 11) is 1.68. The average Bonchev–Trinajstić information content (AvgIpc) is 2.47. The second kappa shape index (κ2) is 4.84. The lowest BCUT2D eigenvalue weighted by Crippen LogP contribution is -2.23. The Hall–Kier alpha value is -2.16. The molecule has 1 aliphatic heterocycles. The molecule has 2 aromatic carbocycles. The minimum absolute atomic E-state index is 0.182. The van der Waals surface area contributed by atoms with Crippen molar-refractivity contribution in [3.63, 3.8) is 0 Å². The highest BCUT2D eigenvalue weighted by Gasteiger charge is 2.20. The molecule has 0 radical (unpaired) electrons. The van der Waals surface area contributed by atoms with E-state index in [9.17, 15) is 0 Å². The predicted octanol–water partition coefficient (Wildman–Crippen LogP) is 3.55. The fourth-order valence-corrected chi connectivity index (χ4v) is 2.29. The van der Waals surface area contributed by atoms with Gasteiger partial charge >= 0.3 is 0 Å². The van der Waals surface area contributed by atoms with E-state index >= 15 is 0 Å². The van der Waals surface area contributed by atoms with E-state index in [1.54, 1.807) is 7.11 Å². The van der Waals surface area contributed by atoms with Gasteiger partial charge in [-0.25, -0.2) is 0 Å². The van der Waals surface area contributed by atoms with Gasteiger partial charge in [0.15, 0.2) is 0 Å². The van der Waals surface area contributed by atoms with Gasteiger partial charge in [0.2, 0.25) is 0 Å². The Labute approximate surface area is 113 Å². The predicted molar refractivity (Wildman–Crippen MR) is 76.0 cm³/mol. The largest absolute Gasteiger partial charge is 0.497 e. The molecular formula is C16H17NO2. The molecule has 0 aromatic heterocycles. The van der Waals surface area contributed by atoms with Crippen molar-refractivity contribution in [2.75, 3.05) is 19.0 Å². The van der Waals surface area contributed by atoms with Gasteiger partial charge in [-0.2, -0.15) is 0 Å². The van der Waals surface area contributed by atoms with E-state index in [2.05, 4.69) is 42.6 Å². The third-order valence-corrected chi connectivity index (χ3v) is 3.39. The van der Waals surface area contributed by atoms with Crippen LogP contribution in [0, 0.1) is 6.92 Å². The van der Waals surface area contributed by atoms with Crippen LogP contribution in [0.25, 0.3) is 0 Å². The molecule has 2 aromatic rings. The zero-order valence-corrected chi connectivity index (χ0v) is 11.1. The molecule has 3 nitrogen and oxygen atoms in total. The van der Waals surface area contributed by atoms with Gasteiger partial charge in [0.05, 0.1) is 18.8 Å². The topological polar surface area (TPSA) is 30.5 Å². The molecule has 0 aliphatic carbocycles. The number of fused-ring (bicyclic) bond motifs is 1. The third-order valence-electron chi connectivity index (χ3n) is 3.39. The first-order valence-electron chi connectivity index (χ1n) is 6.40. The first-order valence-corrected chi connectivity index (χ1v) is 6.40. The summed E-state index contributed by atoms with van der Waals surface area (Å²) in [6.45, 7) is 2.71. The van der Waals surface area contributed by atoms with Crippen molar-refractivity contribution in [1.29, 1.82) is 0 Å². The Kier molecular flexibility index (Phi) is 3.03. The molecule has 0 saturated carbocycles. The lowest BCUT2D eigenvalue weighted by molar-refractivity contribution is 0.286. The number of hydrogen-bond donors (Lipinski definition) is 1. The van der Waals surface area contributed by atoms with Crippen LogP contribution >= 0.6 is 0 Å². The molecule has 0 unspecified atom stereocenters. The summed E-state index contributed by atoms with van der Waals surface area (Å²) in [6.07, 6.45) is 0. The standard InChI is InChI=1S/C16H17NO2/c1-11-3-8-14-16(9-11)19-10-15(17-14)12-4-6-13(18-2)7-5-12/h3-9,15,17H,10H2,1-2H3/t15-/m0/s1. The molecule has 0 fully saturated rings. The minimum Gasteiger partial charge on any atom is -0.497 e. The fourth-order valence-electron chi connectivity index (χ4n) is 2.29. The van der Waals surface area contributed by atoms with Crippen LogP contribution in [0.1, 0.15) is 17.2 Å². The van der Waals surface area contributed by atoms with Crippen LogP contribution in [0.15, 0.2) is 42.5 Å². The second-order valence-corrected chi connectivity index (χ2v) is 4.78. The van der Waals surface area contributed by atoms with Crippen LogP contribution < -0.4 is 14.8 Å². The van der Waals surface area contributed by atoms with Crippen molar-refractivity contribution >= 4 is 5.69 Å². The Morgan fingerprint density at radius 2 is 1.95 bits per heavy atom. The number of rotatable bonds is 2. The maximum atomic E-state index is 5.83. The third kappa shape index (κ3) is 2.36. The van der Waals surface area contributed by atoms with Crippen LogP contribution in [-0.4, -0.2) is 13.7 Å². The fraction of sp³-hybridized carbons (Fsp3) is 0.250. The summed E-state index contributed by atoms with van der Waals surface area (Å²) in [4.78, 5) is 0. The van der Waals surface area contributed by atoms with E-state index in [0.29, 0.717) is 6.61 Å². The highest BCUT2D eigenvalue weighted by atomic mass is 16.5. The number of aryl methyl sites for hydroxylation is 1. The smallest absolute Gasteiger partial charge is 0.142 e. The number of anilines is 1. The van der Waals surface area contributed by atoms with Gasteiger partial charge in [-0.1, -0.05) is 18.2 Å². The summed E-state index contributed by atoms with van der Waals surface area (Å²) >= 11 is 0. The number of nitrogens with one attached hydrogen (secondary N) is 1. The summed E-state index contributed by atoms with van der Waals surface area (Å²) in [6, 6.07) is 14.5. The van der Waals surface area contributed by atoms with Crippen molar-refractivity contribution in [3.8, 4) is 11.5 Å². The van der Waals surface area contributed by atoms with Gasteiger partial charge in [0, 0.05) is 0 Å². The Balaban J connectivity index is 1.82. The van der Waals surface area contributed by atoms with Gasteiger partial charge in [0.1, 0.15) is 18.1 Å². The summed E-state index contributed by atoms with van der Waals surface area (Å²) in [5.74, 6) is 1.81. The Morgan fingerprint density at radius 1 is 1.16 bits per heavy atom. The molecule has 1 aliphatic rings. The van der Waals surface area contributed by atoms with Gasteiger partial charge < -0.3 is 14.8 Å². The summed E-state index contributed by atoms with van der Waals surface area (Å²) < 4.78 is 11.0. The Morgan fingerprint density at radius 3 is 2.68 bits per heavy atom. The van der Waals surface area contributed by atoms with Gasteiger partial charge in [0.25, 0.3) is 0 Å². The molecule has 19 heavy (non-hydrogen) atoms. The van der Waals surface area contributed by atoms with E-state index in [-0.39, 0.29) is 6.04 Å². The van der Waals surface area contributed by atoms with Crippen LogP contribution in [0.4, 0.5) is 5.69 Å². The SMILES string of the molecule is COc1ccc([C@@H]2COc3cc(C)ccc3N2)cc1. The van der Waals surface area contributed by atoms with Crippen LogP contribution in [0.3, 0.4) is 0 Å². The van der Waals surface area contributed by atoms with E-state index < -0.39 is 0 Å². The molecule has 1 N–H and O–H groups in total. The van der Waals surface area contributed by atoms with Crippen molar-refractivity contribution < 1.29 is 9.47 Å². The summed E-state index contributed by atoms with van der Waals surface area (Å²) in [5.41, 5.74) is 3.47. The summed E-state index contributed by atoms with van der Waals surface area (Å²) in [5, 5.41) is 3.51. The second-order valence-electron chi connectivity index (χ2n) is 4.78. The first kappa shape index (κ1) is 11.9. The molecule has 98 valence electrons. The van der Waals surface area contributed by atoms with Gasteiger partial charge in [-0.15, -0.1) is 0 Å². The molecule has 1 heterocycles. The van der Waals surface area contributed by atoms with Gasteiger partial charge in [-0.05, 0) is 42.3 Å². The maximum absolute atomic E-state index is 5.83. The van der Waals surface area contributed by atoms with Crippen molar-refractivity contribution in [1.82, 2.24) is 0 Å². The lowest BCUT2D eigenvalue weighted by Gasteiger charge is -2.28. The lowest BCUT2D eigenvalue weighted by atomic mass is 10.1. The molecule has 0 spiro atoms. The molecular weight excluding hydrogens is 238 g/mol. The number of benzene rings is 2. The number of methoxy groups -OCH3 is 1. The zero-order valence-electron chi connectivity index (χ0n) is 11.1. The zero-order chi connectivity index (χ0) is 13.2. The van der Waals surface area contributed by atoms with Crippen molar-refractivity contribution in [3.05, 3.63) is 53.6 Å². The number of ether oxygens (including phenoxy) is 2. The Bertz CT molecular complexity index is 578. The minimum atomic E-state index is 0.182. The molecule has 3 rings (SSSR count). The molecule has 0 amide bonds. The van der Waals surface area contributed by atoms with Crippen LogP contribution in [0.2, 0.25) is 0 Å². The van der Waals surface area contributed by atoms with E-state index in [4.69, 9.17) is 9.47 Å². The highest BCUT2D eigenvalue weighted by molar-refractivity contribution is 5.60. The highest BCUT2D eigenvalue weighted by Crippen LogP contribution is 2.34. The quantitative estimate of drug-likeness (QED) is 0.890. The monoisotopic (exact) mass is 255 g/mol. The first-order chi connectivity index (χ1) is 9.26. The molecule has 0 saturated heterocycles. The van der Waals surface area contributed by atoms with Crippen molar-refractivity contribution in [2.24, 2.45) is 0 Å². The maximum Gasteiger partial charge on any atom is 0.142 e. The van der Waals surface area contributed by atoms with E-state index in [0.717, 1.165) is 17.2 Å². The molecule has 0 bridgehead atoms.